The Hall–Kier alpha value is -1.91. The van der Waals surface area contributed by atoms with Gasteiger partial charge in [0.1, 0.15) is 5.56 Å². The normalized spacial score (nSPS) is 10.7. The summed E-state index contributed by atoms with van der Waals surface area (Å²) >= 11 is 0. The third kappa shape index (κ3) is 3.15. The highest BCUT2D eigenvalue weighted by atomic mass is 16.4. The lowest BCUT2D eigenvalue weighted by molar-refractivity contribution is 0.0695. The van der Waals surface area contributed by atoms with Crippen molar-refractivity contribution in [3.05, 3.63) is 29.5 Å². The molecule has 0 radical (unpaired) electrons. The fourth-order valence-electron chi connectivity index (χ4n) is 2.27. The van der Waals surface area contributed by atoms with Crippen LogP contribution in [0.1, 0.15) is 49.3 Å². The predicted octanol–water partition coefficient (Wildman–Crippen LogP) is 2.70. The maximum absolute atomic E-state index is 11.7. The Morgan fingerprint density at radius 3 is 2.40 bits per heavy atom. The molecule has 5 nitrogen and oxygen atoms in total. The summed E-state index contributed by atoms with van der Waals surface area (Å²) in [5, 5.41) is 18.0. The molecule has 0 saturated carbocycles. The molecule has 0 bridgehead atoms. The minimum atomic E-state index is -0.948. The number of aryl methyl sites for hydroxylation is 1. The Morgan fingerprint density at radius 1 is 1.35 bits per heavy atom. The van der Waals surface area contributed by atoms with Gasteiger partial charge >= 0.3 is 5.97 Å². The van der Waals surface area contributed by atoms with E-state index in [-0.39, 0.29) is 11.6 Å². The Labute approximate surface area is 120 Å². The van der Waals surface area contributed by atoms with Crippen molar-refractivity contribution in [2.75, 3.05) is 11.4 Å². The van der Waals surface area contributed by atoms with Gasteiger partial charge in [0.05, 0.1) is 5.69 Å². The average molecular weight is 277 g/mol. The number of aromatic carboxylic acids is 1. The third-order valence-corrected chi connectivity index (χ3v) is 3.26. The molecule has 0 atom stereocenters. The van der Waals surface area contributed by atoms with Crippen LogP contribution in [0, 0.1) is 0 Å². The fourth-order valence-corrected chi connectivity index (χ4v) is 2.27. The van der Waals surface area contributed by atoms with Gasteiger partial charge in [-0.25, -0.2) is 4.79 Å². The molecule has 20 heavy (non-hydrogen) atoms. The van der Waals surface area contributed by atoms with Crippen molar-refractivity contribution in [1.82, 2.24) is 10.2 Å². The lowest BCUT2D eigenvalue weighted by Crippen LogP contribution is -2.34. The summed E-state index contributed by atoms with van der Waals surface area (Å²) in [6.45, 7) is 12.2. The molecule has 5 heteroatoms. The molecule has 0 spiro atoms. The van der Waals surface area contributed by atoms with Gasteiger partial charge in [-0.15, -0.1) is 11.7 Å². The molecule has 1 N–H and O–H groups in total. The number of hydrogen-bond donors (Lipinski definition) is 1. The SMILES string of the molecule is C=CCN(c1nnc(CC)c(CC)c1C(=O)O)C(C)C. The van der Waals surface area contributed by atoms with E-state index in [1.54, 1.807) is 6.08 Å². The zero-order valence-electron chi connectivity index (χ0n) is 12.7. The largest absolute Gasteiger partial charge is 0.478 e. The minimum absolute atomic E-state index is 0.123. The first-order valence-corrected chi connectivity index (χ1v) is 6.97. The molecule has 1 heterocycles. The molecule has 0 aliphatic heterocycles. The number of carboxylic acid groups (broad SMARTS) is 1. The molecule has 0 saturated heterocycles. The van der Waals surface area contributed by atoms with Crippen LogP contribution in [0.25, 0.3) is 0 Å². The van der Waals surface area contributed by atoms with E-state index in [0.29, 0.717) is 25.2 Å². The second kappa shape index (κ2) is 7.03. The number of anilines is 1. The van der Waals surface area contributed by atoms with Crippen molar-refractivity contribution in [3.8, 4) is 0 Å². The Balaban J connectivity index is 3.52. The van der Waals surface area contributed by atoms with Crippen LogP contribution in [0.3, 0.4) is 0 Å². The number of carbonyl (C=O) groups is 1. The minimum Gasteiger partial charge on any atom is -0.478 e. The van der Waals surface area contributed by atoms with Gasteiger partial charge in [-0.05, 0) is 32.3 Å². The highest BCUT2D eigenvalue weighted by Crippen LogP contribution is 2.25. The van der Waals surface area contributed by atoms with Crippen molar-refractivity contribution >= 4 is 11.8 Å². The van der Waals surface area contributed by atoms with Gasteiger partial charge < -0.3 is 10.0 Å². The first-order chi connectivity index (χ1) is 9.47. The van der Waals surface area contributed by atoms with E-state index in [4.69, 9.17) is 0 Å². The van der Waals surface area contributed by atoms with E-state index in [0.717, 1.165) is 11.3 Å². The van der Waals surface area contributed by atoms with E-state index < -0.39 is 5.97 Å². The highest BCUT2D eigenvalue weighted by Gasteiger charge is 2.24. The molecule has 110 valence electrons. The van der Waals surface area contributed by atoms with Gasteiger partial charge in [-0.3, -0.25) is 0 Å². The molecule has 0 aliphatic carbocycles. The van der Waals surface area contributed by atoms with Gasteiger partial charge in [-0.2, -0.15) is 5.10 Å². The summed E-state index contributed by atoms with van der Waals surface area (Å²) in [5.74, 6) is -0.516. The smallest absolute Gasteiger partial charge is 0.339 e. The van der Waals surface area contributed by atoms with Crippen LogP contribution in [0.5, 0.6) is 0 Å². The van der Waals surface area contributed by atoms with Gasteiger partial charge in [0.25, 0.3) is 0 Å². The van der Waals surface area contributed by atoms with E-state index in [1.807, 2.05) is 32.6 Å². The highest BCUT2D eigenvalue weighted by molar-refractivity contribution is 5.95. The van der Waals surface area contributed by atoms with Gasteiger partial charge in [0, 0.05) is 12.6 Å². The Bertz CT molecular complexity index is 498. The zero-order valence-corrected chi connectivity index (χ0v) is 12.7. The van der Waals surface area contributed by atoms with Crippen molar-refractivity contribution < 1.29 is 9.90 Å². The van der Waals surface area contributed by atoms with E-state index in [9.17, 15) is 9.90 Å². The van der Waals surface area contributed by atoms with Crippen LogP contribution >= 0.6 is 0 Å². The number of nitrogens with zero attached hydrogens (tertiary/aromatic N) is 3. The van der Waals surface area contributed by atoms with Gasteiger partial charge in [-0.1, -0.05) is 19.9 Å². The molecular formula is C15H23N3O2. The molecule has 1 rings (SSSR count). The Morgan fingerprint density at radius 2 is 2.00 bits per heavy atom. The fraction of sp³-hybridized carbons (Fsp3) is 0.533. The standard InChI is InChI=1S/C15H23N3O2/c1-6-9-18(10(4)5)14-13(15(19)20)11(7-2)12(8-3)16-17-14/h6,10H,1,7-9H2,2-5H3,(H,19,20). The van der Waals surface area contributed by atoms with Crippen LogP contribution in [0.4, 0.5) is 5.82 Å². The van der Waals surface area contributed by atoms with E-state index >= 15 is 0 Å². The molecule has 0 fully saturated rings. The molecule has 1 aromatic rings. The average Bonchev–Trinajstić information content (AvgIpc) is 2.42. The lowest BCUT2D eigenvalue weighted by Gasteiger charge is -2.28. The zero-order chi connectivity index (χ0) is 15.3. The molecule has 0 aromatic carbocycles. The second-order valence-electron chi connectivity index (χ2n) is 4.87. The maximum atomic E-state index is 11.7. The molecule has 0 unspecified atom stereocenters. The predicted molar refractivity (Wildman–Crippen MR) is 80.4 cm³/mol. The summed E-state index contributed by atoms with van der Waals surface area (Å²) in [4.78, 5) is 13.6. The summed E-state index contributed by atoms with van der Waals surface area (Å²) in [6, 6.07) is 0.123. The quantitative estimate of drug-likeness (QED) is 0.776. The lowest BCUT2D eigenvalue weighted by atomic mass is 10.0. The Kier molecular flexibility index (Phi) is 5.67. The number of hydrogen-bond acceptors (Lipinski definition) is 4. The summed E-state index contributed by atoms with van der Waals surface area (Å²) in [7, 11) is 0. The summed E-state index contributed by atoms with van der Waals surface area (Å²) < 4.78 is 0. The molecule has 0 aliphatic rings. The number of rotatable bonds is 7. The maximum Gasteiger partial charge on any atom is 0.339 e. The van der Waals surface area contributed by atoms with E-state index in [1.165, 1.54) is 0 Å². The molecular weight excluding hydrogens is 254 g/mol. The van der Waals surface area contributed by atoms with Crippen LogP contribution in [-0.4, -0.2) is 33.9 Å². The summed E-state index contributed by atoms with van der Waals surface area (Å²) in [6.07, 6.45) is 3.06. The van der Waals surface area contributed by atoms with Crippen LogP contribution in [-0.2, 0) is 12.8 Å². The third-order valence-electron chi connectivity index (χ3n) is 3.26. The van der Waals surface area contributed by atoms with E-state index in [2.05, 4.69) is 16.8 Å². The first kappa shape index (κ1) is 16.1. The van der Waals surface area contributed by atoms with Crippen molar-refractivity contribution in [2.24, 2.45) is 0 Å². The van der Waals surface area contributed by atoms with Crippen LogP contribution < -0.4 is 4.90 Å². The van der Waals surface area contributed by atoms with Crippen molar-refractivity contribution in [1.29, 1.82) is 0 Å². The molecule has 0 amide bonds. The van der Waals surface area contributed by atoms with Crippen molar-refractivity contribution in [2.45, 2.75) is 46.6 Å². The van der Waals surface area contributed by atoms with Crippen LogP contribution in [0.2, 0.25) is 0 Å². The topological polar surface area (TPSA) is 66.3 Å². The van der Waals surface area contributed by atoms with Gasteiger partial charge in [0.15, 0.2) is 5.82 Å². The number of aromatic nitrogens is 2. The first-order valence-electron chi connectivity index (χ1n) is 6.97. The summed E-state index contributed by atoms with van der Waals surface area (Å²) in [5.41, 5.74) is 1.81. The van der Waals surface area contributed by atoms with Gasteiger partial charge in [0.2, 0.25) is 0 Å². The molecule has 1 aromatic heterocycles. The van der Waals surface area contributed by atoms with Crippen molar-refractivity contribution in [3.63, 3.8) is 0 Å². The van der Waals surface area contributed by atoms with Crippen LogP contribution in [0.15, 0.2) is 12.7 Å². The number of carboxylic acids is 1. The second-order valence-corrected chi connectivity index (χ2v) is 4.87. The monoisotopic (exact) mass is 277 g/mol.